The maximum absolute atomic E-state index is 12.0. The van der Waals surface area contributed by atoms with Gasteiger partial charge in [0.25, 0.3) is 0 Å². The molecule has 0 aliphatic heterocycles. The van der Waals surface area contributed by atoms with Crippen molar-refractivity contribution in [2.45, 2.75) is 6.42 Å². The zero-order valence-electron chi connectivity index (χ0n) is 12.6. The number of rotatable bonds is 5. The van der Waals surface area contributed by atoms with E-state index in [0.717, 1.165) is 17.7 Å². The number of aromatic nitrogens is 1. The van der Waals surface area contributed by atoms with Crippen LogP contribution in [0.5, 0.6) is 0 Å². The number of anilines is 2. The molecule has 1 heterocycles. The minimum Gasteiger partial charge on any atom is -0.375 e. The molecule has 1 aromatic carbocycles. The van der Waals surface area contributed by atoms with E-state index >= 15 is 0 Å². The number of carbonyl (C=O) groups excluding carboxylic acids is 1. The van der Waals surface area contributed by atoms with Crippen LogP contribution in [0.2, 0.25) is 5.02 Å². The van der Waals surface area contributed by atoms with Crippen LogP contribution >= 0.6 is 11.6 Å². The Bertz CT molecular complexity index is 631. The predicted molar refractivity (Wildman–Crippen MR) is 90.7 cm³/mol. The maximum atomic E-state index is 12.0. The van der Waals surface area contributed by atoms with Gasteiger partial charge in [0, 0.05) is 33.0 Å². The van der Waals surface area contributed by atoms with Crippen LogP contribution in [0.1, 0.15) is 5.56 Å². The molecule has 2 aromatic rings. The van der Waals surface area contributed by atoms with E-state index in [9.17, 15) is 4.79 Å². The lowest BCUT2D eigenvalue weighted by Crippen LogP contribution is -2.31. The van der Waals surface area contributed by atoms with Crippen LogP contribution in [0, 0.1) is 0 Å². The molecule has 0 saturated carbocycles. The van der Waals surface area contributed by atoms with Crippen molar-refractivity contribution in [2.24, 2.45) is 0 Å². The molecule has 22 heavy (non-hydrogen) atoms. The van der Waals surface area contributed by atoms with Crippen LogP contribution in [0.25, 0.3) is 0 Å². The van der Waals surface area contributed by atoms with E-state index in [2.05, 4.69) is 15.6 Å². The summed E-state index contributed by atoms with van der Waals surface area (Å²) in [6, 6.07) is 9.04. The summed E-state index contributed by atoms with van der Waals surface area (Å²) in [6.45, 7) is 0.549. The van der Waals surface area contributed by atoms with Crippen LogP contribution in [0.3, 0.4) is 0 Å². The molecule has 0 bridgehead atoms. The number of amides is 2. The minimum atomic E-state index is -0.251. The Morgan fingerprint density at radius 2 is 1.95 bits per heavy atom. The predicted octanol–water partition coefficient (Wildman–Crippen LogP) is 3.17. The molecule has 2 N–H and O–H groups in total. The first-order chi connectivity index (χ1) is 10.6. The first-order valence-corrected chi connectivity index (χ1v) is 7.35. The van der Waals surface area contributed by atoms with Gasteiger partial charge in [-0.3, -0.25) is 4.98 Å². The number of para-hydroxylation sites is 1. The molecular formula is C16H19ClN4O. The largest absolute Gasteiger partial charge is 0.375 e. The van der Waals surface area contributed by atoms with Crippen LogP contribution in [0.15, 0.2) is 42.7 Å². The lowest BCUT2D eigenvalue weighted by atomic mass is 10.2. The highest BCUT2D eigenvalue weighted by Crippen LogP contribution is 2.32. The lowest BCUT2D eigenvalue weighted by molar-refractivity contribution is 0.252. The van der Waals surface area contributed by atoms with Crippen molar-refractivity contribution in [1.29, 1.82) is 0 Å². The normalized spacial score (nSPS) is 10.1. The Labute approximate surface area is 135 Å². The Kier molecular flexibility index (Phi) is 5.61. The summed E-state index contributed by atoms with van der Waals surface area (Å²) in [4.78, 5) is 17.8. The molecule has 0 fully saturated rings. The summed E-state index contributed by atoms with van der Waals surface area (Å²) < 4.78 is 0. The fourth-order valence-electron chi connectivity index (χ4n) is 2.11. The Morgan fingerprint density at radius 1 is 1.23 bits per heavy atom. The van der Waals surface area contributed by atoms with E-state index in [1.807, 2.05) is 43.3 Å². The highest BCUT2D eigenvalue weighted by molar-refractivity contribution is 6.34. The average molecular weight is 319 g/mol. The third kappa shape index (κ3) is 4.36. The molecule has 2 rings (SSSR count). The van der Waals surface area contributed by atoms with Crippen LogP contribution < -0.4 is 15.5 Å². The van der Waals surface area contributed by atoms with E-state index in [4.69, 9.17) is 11.6 Å². The number of hydrogen-bond donors (Lipinski definition) is 2. The third-order valence-corrected chi connectivity index (χ3v) is 3.44. The number of nitrogens with one attached hydrogen (secondary N) is 2. The second-order valence-electron chi connectivity index (χ2n) is 5.02. The topological polar surface area (TPSA) is 57.3 Å². The monoisotopic (exact) mass is 318 g/mol. The fourth-order valence-corrected chi connectivity index (χ4v) is 2.45. The van der Waals surface area contributed by atoms with Gasteiger partial charge in [-0.15, -0.1) is 0 Å². The zero-order chi connectivity index (χ0) is 15.9. The van der Waals surface area contributed by atoms with Gasteiger partial charge in [0.1, 0.15) is 0 Å². The number of pyridine rings is 1. The molecule has 0 aliphatic rings. The van der Waals surface area contributed by atoms with Crippen molar-refractivity contribution in [3.63, 3.8) is 0 Å². The number of hydrogen-bond acceptors (Lipinski definition) is 3. The summed E-state index contributed by atoms with van der Waals surface area (Å²) in [5, 5.41) is 6.26. The third-order valence-electron chi connectivity index (χ3n) is 3.13. The van der Waals surface area contributed by atoms with E-state index in [-0.39, 0.29) is 6.03 Å². The van der Waals surface area contributed by atoms with Gasteiger partial charge >= 0.3 is 6.03 Å². The van der Waals surface area contributed by atoms with Crippen LogP contribution in [-0.4, -0.2) is 31.7 Å². The van der Waals surface area contributed by atoms with E-state index < -0.39 is 0 Å². The molecule has 0 spiro atoms. The van der Waals surface area contributed by atoms with Gasteiger partial charge in [-0.2, -0.15) is 0 Å². The molecule has 116 valence electrons. The van der Waals surface area contributed by atoms with Crippen molar-refractivity contribution in [3.8, 4) is 0 Å². The van der Waals surface area contributed by atoms with Gasteiger partial charge in [0.05, 0.1) is 16.4 Å². The standard InChI is InChI=1S/C16H19ClN4O/c1-21(2)15-13(17)4-3-5-14(15)20-16(22)19-11-8-12-6-9-18-10-7-12/h3-7,9-10H,8,11H2,1-2H3,(H2,19,20,22). The number of nitrogens with zero attached hydrogens (tertiary/aromatic N) is 2. The van der Waals surface area contributed by atoms with Crippen molar-refractivity contribution in [2.75, 3.05) is 30.9 Å². The van der Waals surface area contributed by atoms with E-state index in [1.165, 1.54) is 0 Å². The van der Waals surface area contributed by atoms with E-state index in [1.54, 1.807) is 18.5 Å². The van der Waals surface area contributed by atoms with Crippen LogP contribution in [0.4, 0.5) is 16.2 Å². The first kappa shape index (κ1) is 16.1. The molecule has 6 heteroatoms. The first-order valence-electron chi connectivity index (χ1n) is 6.97. The molecule has 0 radical (unpaired) electrons. The second kappa shape index (κ2) is 7.66. The van der Waals surface area contributed by atoms with Crippen LogP contribution in [-0.2, 0) is 6.42 Å². The molecule has 0 saturated heterocycles. The number of urea groups is 1. The summed E-state index contributed by atoms with van der Waals surface area (Å²) in [7, 11) is 3.77. The second-order valence-corrected chi connectivity index (χ2v) is 5.42. The van der Waals surface area contributed by atoms with Crippen molar-refractivity contribution in [1.82, 2.24) is 10.3 Å². The van der Waals surface area contributed by atoms with Gasteiger partial charge in [-0.1, -0.05) is 17.7 Å². The molecule has 2 amide bonds. The maximum Gasteiger partial charge on any atom is 0.319 e. The highest BCUT2D eigenvalue weighted by Gasteiger charge is 2.11. The van der Waals surface area contributed by atoms with Crippen molar-refractivity contribution in [3.05, 3.63) is 53.3 Å². The fraction of sp³-hybridized carbons (Fsp3) is 0.250. The Morgan fingerprint density at radius 3 is 2.64 bits per heavy atom. The summed E-state index contributed by atoms with van der Waals surface area (Å²) in [5.41, 5.74) is 2.60. The number of benzene rings is 1. The van der Waals surface area contributed by atoms with Gasteiger partial charge in [-0.05, 0) is 36.2 Å². The highest BCUT2D eigenvalue weighted by atomic mass is 35.5. The summed E-state index contributed by atoms with van der Waals surface area (Å²) in [6.07, 6.45) is 4.24. The minimum absolute atomic E-state index is 0.251. The molecule has 0 unspecified atom stereocenters. The molecular weight excluding hydrogens is 300 g/mol. The number of carbonyl (C=O) groups is 1. The Hall–Kier alpha value is -2.27. The lowest BCUT2D eigenvalue weighted by Gasteiger charge is -2.19. The average Bonchev–Trinajstić information content (AvgIpc) is 2.48. The van der Waals surface area contributed by atoms with Gasteiger partial charge < -0.3 is 15.5 Å². The van der Waals surface area contributed by atoms with Gasteiger partial charge in [0.15, 0.2) is 0 Å². The summed E-state index contributed by atoms with van der Waals surface area (Å²) >= 11 is 6.17. The summed E-state index contributed by atoms with van der Waals surface area (Å²) in [5.74, 6) is 0. The van der Waals surface area contributed by atoms with Crippen molar-refractivity contribution >= 4 is 29.0 Å². The smallest absolute Gasteiger partial charge is 0.319 e. The molecule has 0 aliphatic carbocycles. The molecule has 0 atom stereocenters. The van der Waals surface area contributed by atoms with E-state index in [0.29, 0.717) is 17.3 Å². The Balaban J connectivity index is 1.91. The SMILES string of the molecule is CN(C)c1c(Cl)cccc1NC(=O)NCCc1ccncc1. The van der Waals surface area contributed by atoms with Gasteiger partial charge in [0.2, 0.25) is 0 Å². The number of halogens is 1. The zero-order valence-corrected chi connectivity index (χ0v) is 13.4. The van der Waals surface area contributed by atoms with Crippen molar-refractivity contribution < 1.29 is 4.79 Å². The quantitative estimate of drug-likeness (QED) is 0.890. The molecule has 1 aromatic heterocycles. The molecule has 5 nitrogen and oxygen atoms in total. The van der Waals surface area contributed by atoms with Gasteiger partial charge in [-0.25, -0.2) is 4.79 Å².